The minimum absolute atomic E-state index is 0.212. The molecule has 1 amide bonds. The maximum atomic E-state index is 12.3. The first-order chi connectivity index (χ1) is 10.6. The first-order valence-corrected chi connectivity index (χ1v) is 8.36. The number of carbonyl (C=O) groups excluding carboxylic acids is 1. The van der Waals surface area contributed by atoms with E-state index in [-0.39, 0.29) is 5.91 Å². The normalized spacial score (nSPS) is 15.0. The van der Waals surface area contributed by atoms with Gasteiger partial charge in [-0.1, -0.05) is 24.4 Å². The molecule has 0 aromatic carbocycles. The molecule has 1 fully saturated rings. The van der Waals surface area contributed by atoms with E-state index in [0.717, 1.165) is 10.7 Å². The summed E-state index contributed by atoms with van der Waals surface area (Å²) >= 11 is 7.14. The highest BCUT2D eigenvalue weighted by molar-refractivity contribution is 7.13. The molecule has 6 nitrogen and oxygen atoms in total. The van der Waals surface area contributed by atoms with Crippen LogP contribution in [0.3, 0.4) is 0 Å². The molecular weight excluding hydrogens is 322 g/mol. The maximum absolute atomic E-state index is 12.3. The van der Waals surface area contributed by atoms with Crippen LogP contribution in [-0.4, -0.2) is 21.1 Å². The van der Waals surface area contributed by atoms with Crippen molar-refractivity contribution < 1.29 is 4.79 Å². The number of rotatable bonds is 4. The largest absolute Gasteiger partial charge is 0.281 e. The first kappa shape index (κ1) is 15.2. The third kappa shape index (κ3) is 3.36. The van der Waals surface area contributed by atoms with Crippen molar-refractivity contribution in [1.82, 2.24) is 20.6 Å². The van der Waals surface area contributed by atoms with Gasteiger partial charge in [-0.25, -0.2) is 4.98 Å². The second-order valence-corrected chi connectivity index (χ2v) is 6.69. The van der Waals surface area contributed by atoms with Gasteiger partial charge in [0.1, 0.15) is 4.88 Å². The Balaban J connectivity index is 1.65. The van der Waals surface area contributed by atoms with E-state index in [1.54, 1.807) is 12.1 Å². The van der Waals surface area contributed by atoms with Crippen LogP contribution in [0.15, 0.2) is 12.1 Å². The van der Waals surface area contributed by atoms with Crippen molar-refractivity contribution in [3.05, 3.63) is 32.9 Å². The van der Waals surface area contributed by atoms with Crippen molar-refractivity contribution in [3.63, 3.8) is 0 Å². The lowest BCUT2D eigenvalue weighted by Gasteiger charge is -2.06. The minimum atomic E-state index is -0.212. The van der Waals surface area contributed by atoms with E-state index in [1.165, 1.54) is 37.0 Å². The number of nitrogens with zero attached hydrogens (tertiary/aromatic N) is 3. The molecule has 22 heavy (non-hydrogen) atoms. The average Bonchev–Trinajstić information content (AvgIpc) is 3.15. The van der Waals surface area contributed by atoms with Crippen molar-refractivity contribution in [2.75, 3.05) is 5.43 Å². The molecule has 1 saturated carbocycles. The van der Waals surface area contributed by atoms with E-state index in [2.05, 4.69) is 26.0 Å². The molecule has 8 heteroatoms. The van der Waals surface area contributed by atoms with Crippen molar-refractivity contribution in [2.45, 2.75) is 38.5 Å². The molecule has 0 bridgehead atoms. The van der Waals surface area contributed by atoms with Crippen molar-refractivity contribution >= 4 is 34.7 Å². The van der Waals surface area contributed by atoms with Crippen LogP contribution >= 0.6 is 22.9 Å². The highest BCUT2D eigenvalue weighted by atomic mass is 35.5. The van der Waals surface area contributed by atoms with Gasteiger partial charge in [-0.2, -0.15) is 0 Å². The quantitative estimate of drug-likeness (QED) is 0.837. The fourth-order valence-electron chi connectivity index (χ4n) is 2.54. The van der Waals surface area contributed by atoms with Gasteiger partial charge in [-0.3, -0.25) is 15.6 Å². The van der Waals surface area contributed by atoms with Crippen LogP contribution < -0.4 is 10.9 Å². The summed E-state index contributed by atoms with van der Waals surface area (Å²) in [5, 5.41) is 8.89. The molecular formula is C14H16ClN5OS. The van der Waals surface area contributed by atoms with Crippen LogP contribution in [0.2, 0.25) is 5.15 Å². The lowest BCUT2D eigenvalue weighted by Crippen LogP contribution is -2.29. The number of hydrogen-bond donors (Lipinski definition) is 2. The number of amides is 1. The van der Waals surface area contributed by atoms with Crippen molar-refractivity contribution in [1.29, 1.82) is 0 Å². The lowest BCUT2D eigenvalue weighted by atomic mass is 10.1. The lowest BCUT2D eigenvalue weighted by molar-refractivity contribution is 0.0965. The molecule has 0 unspecified atom stereocenters. The summed E-state index contributed by atoms with van der Waals surface area (Å²) in [5.74, 6) is 0.729. The molecule has 0 spiro atoms. The highest BCUT2D eigenvalue weighted by Crippen LogP contribution is 2.37. The summed E-state index contributed by atoms with van der Waals surface area (Å²) in [7, 11) is 0. The van der Waals surface area contributed by atoms with Gasteiger partial charge in [0.15, 0.2) is 11.0 Å². The van der Waals surface area contributed by atoms with E-state index in [1.807, 2.05) is 6.92 Å². The summed E-state index contributed by atoms with van der Waals surface area (Å²) in [6.07, 6.45) is 4.85. The third-order valence-electron chi connectivity index (χ3n) is 3.66. The van der Waals surface area contributed by atoms with Gasteiger partial charge in [0, 0.05) is 5.92 Å². The van der Waals surface area contributed by atoms with Gasteiger partial charge in [0.05, 0.1) is 10.7 Å². The number of aromatic nitrogens is 3. The molecule has 0 radical (unpaired) electrons. The van der Waals surface area contributed by atoms with E-state index in [9.17, 15) is 4.79 Å². The Morgan fingerprint density at radius 1 is 1.32 bits per heavy atom. The molecule has 2 N–H and O–H groups in total. The number of aryl methyl sites for hydroxylation is 1. The van der Waals surface area contributed by atoms with Gasteiger partial charge < -0.3 is 0 Å². The van der Waals surface area contributed by atoms with Crippen LogP contribution in [0.25, 0.3) is 0 Å². The van der Waals surface area contributed by atoms with Crippen LogP contribution in [0, 0.1) is 6.92 Å². The van der Waals surface area contributed by atoms with Crippen LogP contribution in [0.1, 0.15) is 52.0 Å². The molecule has 2 aromatic heterocycles. The third-order valence-corrected chi connectivity index (χ3v) is 5.18. The average molecular weight is 338 g/mol. The number of thiazole rings is 1. The molecule has 116 valence electrons. The SMILES string of the molecule is Cc1nc(C2CCCC2)sc1C(=O)NNc1ccc(Cl)nn1. The first-order valence-electron chi connectivity index (χ1n) is 7.16. The summed E-state index contributed by atoms with van der Waals surface area (Å²) in [6, 6.07) is 3.23. The zero-order valence-corrected chi connectivity index (χ0v) is 13.7. The summed E-state index contributed by atoms with van der Waals surface area (Å²) < 4.78 is 0. The predicted molar refractivity (Wildman–Crippen MR) is 86.2 cm³/mol. The summed E-state index contributed by atoms with van der Waals surface area (Å²) in [6.45, 7) is 1.87. The Hall–Kier alpha value is -1.73. The van der Waals surface area contributed by atoms with Crippen LogP contribution in [0.5, 0.6) is 0 Å². The van der Waals surface area contributed by atoms with Gasteiger partial charge >= 0.3 is 0 Å². The van der Waals surface area contributed by atoms with E-state index in [0.29, 0.717) is 21.8 Å². The fraction of sp³-hybridized carbons (Fsp3) is 0.429. The summed E-state index contributed by atoms with van der Waals surface area (Å²) in [5.41, 5.74) is 6.11. The smallest absolute Gasteiger partial charge is 0.280 e. The van der Waals surface area contributed by atoms with E-state index < -0.39 is 0 Å². The number of anilines is 1. The molecule has 0 atom stereocenters. The highest BCUT2D eigenvalue weighted by Gasteiger charge is 2.23. The fourth-order valence-corrected chi connectivity index (χ4v) is 3.77. The van der Waals surface area contributed by atoms with Gasteiger partial charge in [-0.05, 0) is 31.9 Å². The Morgan fingerprint density at radius 3 is 2.77 bits per heavy atom. The molecule has 3 rings (SSSR count). The summed E-state index contributed by atoms with van der Waals surface area (Å²) in [4.78, 5) is 17.5. The Kier molecular flexibility index (Phi) is 4.54. The monoisotopic (exact) mass is 337 g/mol. The molecule has 2 aromatic rings. The zero-order valence-electron chi connectivity index (χ0n) is 12.1. The van der Waals surface area contributed by atoms with E-state index in [4.69, 9.17) is 11.6 Å². The maximum Gasteiger partial charge on any atom is 0.281 e. The number of hydrazine groups is 1. The number of nitrogens with one attached hydrogen (secondary N) is 2. The molecule has 1 aliphatic carbocycles. The predicted octanol–water partition coefficient (Wildman–Crippen LogP) is 3.31. The van der Waals surface area contributed by atoms with E-state index >= 15 is 0 Å². The molecule has 2 heterocycles. The molecule has 1 aliphatic rings. The number of halogens is 1. The molecule has 0 aliphatic heterocycles. The molecule has 0 saturated heterocycles. The van der Waals surface area contributed by atoms with Crippen LogP contribution in [-0.2, 0) is 0 Å². The van der Waals surface area contributed by atoms with Crippen molar-refractivity contribution in [3.8, 4) is 0 Å². The number of hydrogen-bond acceptors (Lipinski definition) is 6. The van der Waals surface area contributed by atoms with Crippen molar-refractivity contribution in [2.24, 2.45) is 0 Å². The van der Waals surface area contributed by atoms with Gasteiger partial charge in [0.25, 0.3) is 5.91 Å². The Labute approximate surface area is 137 Å². The van der Waals surface area contributed by atoms with Crippen LogP contribution in [0.4, 0.5) is 5.82 Å². The standard InChI is InChI=1S/C14H16ClN5OS/c1-8-12(22-14(16-8)9-4-2-3-5-9)13(21)20-19-11-7-6-10(15)17-18-11/h6-7,9H,2-5H2,1H3,(H,18,19)(H,20,21). The zero-order chi connectivity index (χ0) is 15.5. The Morgan fingerprint density at radius 2 is 2.09 bits per heavy atom. The minimum Gasteiger partial charge on any atom is -0.280 e. The number of carbonyl (C=O) groups is 1. The second-order valence-electron chi connectivity index (χ2n) is 5.27. The second kappa shape index (κ2) is 6.58. The van der Waals surface area contributed by atoms with Gasteiger partial charge in [0.2, 0.25) is 0 Å². The topological polar surface area (TPSA) is 79.8 Å². The Bertz CT molecular complexity index is 666. The van der Waals surface area contributed by atoms with Gasteiger partial charge in [-0.15, -0.1) is 21.5 Å².